The highest BCUT2D eigenvalue weighted by Crippen LogP contribution is 2.50. The van der Waals surface area contributed by atoms with E-state index in [1.807, 2.05) is 6.07 Å². The molecule has 0 aromatic heterocycles. The number of ketones is 2. The zero-order valence-electron chi connectivity index (χ0n) is 20.5. The molecule has 4 rings (SSSR count). The molecule has 4 atom stereocenters. The summed E-state index contributed by atoms with van der Waals surface area (Å²) in [5.74, 6) is -5.54. The number of nitrogens with zero attached hydrogens (tertiary/aromatic N) is 2. The van der Waals surface area contributed by atoms with Crippen molar-refractivity contribution in [1.82, 2.24) is 9.80 Å². The Morgan fingerprint density at radius 1 is 1.09 bits per heavy atom. The third-order valence-corrected chi connectivity index (χ3v) is 7.83. The van der Waals surface area contributed by atoms with Gasteiger partial charge in [0, 0.05) is 12.1 Å². The number of hydrogen-bond donors (Lipinski definition) is 4. The van der Waals surface area contributed by atoms with Gasteiger partial charge >= 0.3 is 0 Å². The van der Waals surface area contributed by atoms with Crippen molar-refractivity contribution in [2.24, 2.45) is 23.5 Å². The van der Waals surface area contributed by atoms with E-state index in [-0.39, 0.29) is 22.6 Å². The smallest absolute Gasteiger partial charge is 0.255 e. The van der Waals surface area contributed by atoms with E-state index in [0.717, 1.165) is 24.2 Å². The summed E-state index contributed by atoms with van der Waals surface area (Å²) in [7, 11) is 3.41. The summed E-state index contributed by atoms with van der Waals surface area (Å²) in [6.07, 6.45) is 0.760. The van der Waals surface area contributed by atoms with Gasteiger partial charge in [-0.15, -0.1) is 0 Å². The summed E-state index contributed by atoms with van der Waals surface area (Å²) in [5.41, 5.74) is 6.92. The number of hydrogen-bond acceptors (Lipinski definition) is 8. The maximum Gasteiger partial charge on any atom is 0.255 e. The number of phenols is 1. The monoisotopic (exact) mass is 483 g/mol. The predicted octanol–water partition coefficient (Wildman–Crippen LogP) is 1.69. The highest BCUT2D eigenvalue weighted by Gasteiger charge is 2.55. The van der Waals surface area contributed by atoms with Crippen molar-refractivity contribution >= 4 is 23.2 Å². The summed E-state index contributed by atoms with van der Waals surface area (Å²) in [6.45, 7) is 6.44. The third kappa shape index (κ3) is 3.83. The number of fused-ring (bicyclic) bond motifs is 3. The van der Waals surface area contributed by atoms with Gasteiger partial charge < -0.3 is 21.1 Å². The largest absolute Gasteiger partial charge is 0.510 e. The molecule has 1 fully saturated rings. The first kappa shape index (κ1) is 24.9. The topological polar surface area (TPSA) is 144 Å². The van der Waals surface area contributed by atoms with Crippen molar-refractivity contribution in [3.8, 4) is 5.75 Å². The van der Waals surface area contributed by atoms with Gasteiger partial charge in [0.25, 0.3) is 5.91 Å². The average Bonchev–Trinajstić information content (AvgIpc) is 2.77. The van der Waals surface area contributed by atoms with Gasteiger partial charge in [-0.1, -0.05) is 19.9 Å². The molecule has 1 amide bonds. The average molecular weight is 484 g/mol. The molecule has 0 radical (unpaired) electrons. The van der Waals surface area contributed by atoms with Gasteiger partial charge in [-0.25, -0.2) is 0 Å². The molecule has 1 aromatic rings. The fraction of sp³-hybridized carbons (Fsp3) is 0.500. The van der Waals surface area contributed by atoms with Crippen molar-refractivity contribution < 1.29 is 29.7 Å². The lowest BCUT2D eigenvalue weighted by molar-refractivity contribution is -0.136. The molecule has 35 heavy (non-hydrogen) atoms. The van der Waals surface area contributed by atoms with Crippen LogP contribution in [0.25, 0.3) is 5.76 Å². The van der Waals surface area contributed by atoms with Crippen LogP contribution in [0.4, 0.5) is 0 Å². The summed E-state index contributed by atoms with van der Waals surface area (Å²) < 4.78 is 0. The molecular weight excluding hydrogens is 450 g/mol. The van der Waals surface area contributed by atoms with E-state index in [4.69, 9.17) is 5.73 Å². The van der Waals surface area contributed by atoms with Gasteiger partial charge in [-0.05, 0) is 69.1 Å². The number of aromatic hydroxyl groups is 1. The van der Waals surface area contributed by atoms with Crippen LogP contribution in [-0.4, -0.2) is 75.8 Å². The minimum absolute atomic E-state index is 0.102. The second-order valence-corrected chi connectivity index (χ2v) is 9.86. The van der Waals surface area contributed by atoms with Crippen LogP contribution in [0.2, 0.25) is 0 Å². The summed E-state index contributed by atoms with van der Waals surface area (Å²) >= 11 is 0. The Balaban J connectivity index is 1.85. The zero-order chi connectivity index (χ0) is 25.8. The van der Waals surface area contributed by atoms with Crippen molar-refractivity contribution in [2.45, 2.75) is 39.3 Å². The number of aliphatic hydroxyl groups excluding tert-OH is 2. The van der Waals surface area contributed by atoms with E-state index < -0.39 is 52.6 Å². The van der Waals surface area contributed by atoms with Crippen molar-refractivity contribution in [1.29, 1.82) is 0 Å². The lowest BCUT2D eigenvalue weighted by atomic mass is 9.59. The zero-order valence-corrected chi connectivity index (χ0v) is 20.5. The van der Waals surface area contributed by atoms with Gasteiger partial charge in [0.2, 0.25) is 0 Å². The number of allylic oxidation sites excluding steroid dienone is 1. The molecule has 9 nitrogen and oxygen atoms in total. The number of phenolic OH excluding ortho intramolecular Hbond substituents is 1. The van der Waals surface area contributed by atoms with Crippen LogP contribution in [0.1, 0.15) is 37.0 Å². The van der Waals surface area contributed by atoms with Crippen molar-refractivity contribution in [2.75, 3.05) is 27.2 Å². The van der Waals surface area contributed by atoms with E-state index in [2.05, 4.69) is 18.7 Å². The minimum atomic E-state index is -1.24. The number of primary amides is 1. The molecule has 0 spiro atoms. The first-order valence-corrected chi connectivity index (χ1v) is 12.0. The van der Waals surface area contributed by atoms with E-state index in [0.29, 0.717) is 19.4 Å². The first-order chi connectivity index (χ1) is 16.5. The quantitative estimate of drug-likeness (QED) is 0.353. The van der Waals surface area contributed by atoms with Crippen molar-refractivity contribution in [3.63, 3.8) is 0 Å². The van der Waals surface area contributed by atoms with Crippen LogP contribution in [0.3, 0.4) is 0 Å². The Labute approximate surface area is 204 Å². The standard InChI is InChI=1S/C26H33N3O6/c1-5-29(6-2)11-12-7-8-16(30)18-14(12)9-13-10-15-19(23(32)17(13)22(18)31)24(33)20(26(27)35)25(34)21(15)28(3)4/h7-8,13,15,19,21,30-31,34H,5-6,9-11H2,1-4H3,(H2,27,35)/t13?,15?,19?,21-/m1/s1. The molecule has 3 unspecified atom stereocenters. The number of rotatable bonds is 6. The number of nitrogens with two attached hydrogens (primary N) is 1. The van der Waals surface area contributed by atoms with Gasteiger partial charge in [-0.2, -0.15) is 0 Å². The number of benzene rings is 1. The number of amides is 1. The molecule has 3 aliphatic rings. The Kier molecular flexibility index (Phi) is 6.50. The van der Waals surface area contributed by atoms with Crippen molar-refractivity contribution in [3.05, 3.63) is 45.7 Å². The molecule has 5 N–H and O–H groups in total. The molecule has 1 saturated carbocycles. The molecular formula is C26H33N3O6. The van der Waals surface area contributed by atoms with E-state index in [1.54, 1.807) is 19.0 Å². The Bertz CT molecular complexity index is 1160. The molecule has 188 valence electrons. The maximum atomic E-state index is 13.7. The summed E-state index contributed by atoms with van der Waals surface area (Å²) in [6, 6.07) is 2.62. The number of aliphatic hydroxyl groups is 2. The molecule has 1 aromatic carbocycles. The van der Waals surface area contributed by atoms with Crippen LogP contribution in [0.15, 0.2) is 29.0 Å². The maximum absolute atomic E-state index is 13.7. The fourth-order valence-corrected chi connectivity index (χ4v) is 6.17. The van der Waals surface area contributed by atoms with E-state index in [9.17, 15) is 29.7 Å². The second kappa shape index (κ2) is 9.13. The predicted molar refractivity (Wildman–Crippen MR) is 129 cm³/mol. The van der Waals surface area contributed by atoms with E-state index >= 15 is 0 Å². The molecule has 0 heterocycles. The molecule has 3 aliphatic carbocycles. The third-order valence-electron chi connectivity index (χ3n) is 7.83. The molecule has 0 aliphatic heterocycles. The first-order valence-electron chi connectivity index (χ1n) is 12.0. The van der Waals surface area contributed by atoms with Gasteiger partial charge in [0.1, 0.15) is 22.8 Å². The summed E-state index contributed by atoms with van der Waals surface area (Å²) in [5, 5.41) is 32.7. The molecule has 0 saturated heterocycles. The lowest BCUT2D eigenvalue weighted by Crippen LogP contribution is -2.55. The number of carbonyl (C=O) groups is 3. The van der Waals surface area contributed by atoms with E-state index in [1.165, 1.54) is 6.07 Å². The van der Waals surface area contributed by atoms with Crippen LogP contribution < -0.4 is 5.73 Å². The van der Waals surface area contributed by atoms with Crippen LogP contribution in [0, 0.1) is 17.8 Å². The van der Waals surface area contributed by atoms with Crippen LogP contribution in [-0.2, 0) is 27.3 Å². The Morgan fingerprint density at radius 3 is 2.31 bits per heavy atom. The highest BCUT2D eigenvalue weighted by molar-refractivity contribution is 6.28. The minimum Gasteiger partial charge on any atom is -0.510 e. The van der Waals surface area contributed by atoms with Crippen LogP contribution in [0.5, 0.6) is 5.75 Å². The van der Waals surface area contributed by atoms with Gasteiger partial charge in [0.15, 0.2) is 11.6 Å². The Morgan fingerprint density at radius 2 is 1.74 bits per heavy atom. The fourth-order valence-electron chi connectivity index (χ4n) is 6.17. The normalized spacial score (nSPS) is 26.2. The Hall–Kier alpha value is -3.17. The lowest BCUT2D eigenvalue weighted by Gasteiger charge is -2.46. The van der Waals surface area contributed by atoms with Gasteiger partial charge in [0.05, 0.1) is 17.5 Å². The SMILES string of the molecule is CCN(CC)Cc1ccc(O)c2c1CC1CC3C(C(=O)C(C(N)=O)=C(O)[C@@H]3N(C)C)C(=O)C1=C2O. The molecule has 0 bridgehead atoms. The second-order valence-electron chi connectivity index (χ2n) is 9.86. The number of carbonyl (C=O) groups excluding carboxylic acids is 3. The molecule has 9 heteroatoms. The number of Topliss-reactive ketones (excluding diaryl/α,β-unsaturated/α-hetero) is 2. The summed E-state index contributed by atoms with van der Waals surface area (Å²) in [4.78, 5) is 42.9. The van der Waals surface area contributed by atoms with Gasteiger partial charge in [-0.3, -0.25) is 24.2 Å². The highest BCUT2D eigenvalue weighted by atomic mass is 16.3. The number of likely N-dealkylation sites (N-methyl/N-ethyl adjacent to an activating group) is 1. The van der Waals surface area contributed by atoms with Crippen LogP contribution >= 0.6 is 0 Å².